The number of hydrogen-bond acceptors (Lipinski definition) is 3. The summed E-state index contributed by atoms with van der Waals surface area (Å²) in [5.41, 5.74) is 2.10. The fourth-order valence-electron chi connectivity index (χ4n) is 4.20. The van der Waals surface area contributed by atoms with Crippen LogP contribution >= 0.6 is 12.4 Å². The van der Waals surface area contributed by atoms with Gasteiger partial charge in [-0.2, -0.15) is 0 Å². The molecule has 0 spiro atoms. The molecule has 2 aromatic carbocycles. The number of rotatable bonds is 5. The van der Waals surface area contributed by atoms with Crippen molar-refractivity contribution in [3.05, 3.63) is 70.8 Å². The summed E-state index contributed by atoms with van der Waals surface area (Å²) < 4.78 is 26.4. The second-order valence-electron chi connectivity index (χ2n) is 7.80. The van der Waals surface area contributed by atoms with Crippen LogP contribution in [0, 0.1) is 17.6 Å². The second kappa shape index (κ2) is 9.20. The van der Waals surface area contributed by atoms with E-state index in [2.05, 4.69) is 4.90 Å². The van der Waals surface area contributed by atoms with Gasteiger partial charge in [-0.25, -0.2) is 8.78 Å². The second-order valence-corrected chi connectivity index (χ2v) is 7.80. The summed E-state index contributed by atoms with van der Waals surface area (Å²) in [5.74, 6) is -0.217. The van der Waals surface area contributed by atoms with Gasteiger partial charge in [0.15, 0.2) is 0 Å². The largest absolute Gasteiger partial charge is 0.387 e. The minimum Gasteiger partial charge on any atom is -0.387 e. The van der Waals surface area contributed by atoms with Gasteiger partial charge in [0.2, 0.25) is 0 Å². The van der Waals surface area contributed by atoms with Gasteiger partial charge in [-0.3, -0.25) is 4.79 Å². The van der Waals surface area contributed by atoms with Gasteiger partial charge in [0, 0.05) is 25.2 Å². The number of β-amino-alcohol motifs (C(OH)–C–C–N with tert-alkyl or cyclic N) is 1. The molecule has 2 aliphatic heterocycles. The van der Waals surface area contributed by atoms with Crippen LogP contribution in [-0.2, 0) is 6.54 Å². The minimum absolute atomic E-state index is 0. The molecule has 29 heavy (non-hydrogen) atoms. The van der Waals surface area contributed by atoms with Gasteiger partial charge < -0.3 is 14.9 Å². The number of aliphatic hydroxyl groups is 1. The quantitative estimate of drug-likeness (QED) is 0.797. The number of hydrogen-bond donors (Lipinski definition) is 1. The van der Waals surface area contributed by atoms with Gasteiger partial charge in [0.25, 0.3) is 5.91 Å². The van der Waals surface area contributed by atoms with Gasteiger partial charge in [-0.05, 0) is 73.3 Å². The Kier molecular flexibility index (Phi) is 6.88. The highest BCUT2D eigenvalue weighted by molar-refractivity contribution is 5.98. The molecule has 4 nitrogen and oxygen atoms in total. The van der Waals surface area contributed by atoms with Crippen molar-refractivity contribution in [2.24, 2.45) is 5.92 Å². The van der Waals surface area contributed by atoms with Crippen molar-refractivity contribution >= 4 is 18.3 Å². The van der Waals surface area contributed by atoms with Crippen molar-refractivity contribution in [2.45, 2.75) is 25.5 Å². The summed E-state index contributed by atoms with van der Waals surface area (Å²) in [6.07, 6.45) is 1.26. The van der Waals surface area contributed by atoms with Crippen LogP contribution in [0.15, 0.2) is 42.5 Å². The highest BCUT2D eigenvalue weighted by Crippen LogP contribution is 2.27. The average molecular weight is 423 g/mol. The zero-order valence-electron chi connectivity index (χ0n) is 16.1. The summed E-state index contributed by atoms with van der Waals surface area (Å²) in [7, 11) is 0. The Labute approximate surface area is 175 Å². The molecule has 2 heterocycles. The fraction of sp³-hybridized carbons (Fsp3) is 0.409. The van der Waals surface area contributed by atoms with Gasteiger partial charge in [0.05, 0.1) is 6.10 Å². The van der Waals surface area contributed by atoms with Crippen molar-refractivity contribution < 1.29 is 18.7 Å². The number of carbonyl (C=O) groups is 1. The van der Waals surface area contributed by atoms with Crippen molar-refractivity contribution in [2.75, 3.05) is 26.2 Å². The predicted molar refractivity (Wildman–Crippen MR) is 109 cm³/mol. The third-order valence-electron chi connectivity index (χ3n) is 5.82. The zero-order chi connectivity index (χ0) is 19.7. The summed E-state index contributed by atoms with van der Waals surface area (Å²) in [6.45, 7) is 3.39. The van der Waals surface area contributed by atoms with Crippen LogP contribution in [0.2, 0.25) is 0 Å². The molecule has 7 heteroatoms. The Balaban J connectivity index is 0.00000240. The van der Waals surface area contributed by atoms with Crippen LogP contribution in [0.3, 0.4) is 0 Å². The van der Waals surface area contributed by atoms with Crippen LogP contribution in [-0.4, -0.2) is 47.0 Å². The topological polar surface area (TPSA) is 43.8 Å². The van der Waals surface area contributed by atoms with Crippen LogP contribution in [0.1, 0.15) is 40.4 Å². The number of aliphatic hydroxyl groups excluding tert-OH is 1. The molecule has 4 rings (SSSR count). The molecule has 0 saturated carbocycles. The van der Waals surface area contributed by atoms with E-state index in [4.69, 9.17) is 0 Å². The predicted octanol–water partition coefficient (Wildman–Crippen LogP) is 3.79. The summed E-state index contributed by atoms with van der Waals surface area (Å²) in [4.78, 5) is 16.5. The van der Waals surface area contributed by atoms with E-state index in [1.165, 1.54) is 24.3 Å². The molecule has 2 aliphatic rings. The number of amides is 1. The van der Waals surface area contributed by atoms with E-state index >= 15 is 0 Å². The number of benzene rings is 2. The molecule has 0 unspecified atom stereocenters. The lowest BCUT2D eigenvalue weighted by atomic mass is 9.95. The van der Waals surface area contributed by atoms with E-state index in [0.717, 1.165) is 37.1 Å². The van der Waals surface area contributed by atoms with E-state index < -0.39 is 6.10 Å². The molecule has 0 radical (unpaired) electrons. The normalized spacial score (nSPS) is 18.4. The lowest BCUT2D eigenvalue weighted by Crippen LogP contribution is -2.40. The molecule has 0 aromatic heterocycles. The lowest BCUT2D eigenvalue weighted by molar-refractivity contribution is 0.0654. The monoisotopic (exact) mass is 422 g/mol. The number of halogens is 3. The first-order chi connectivity index (χ1) is 13.5. The van der Waals surface area contributed by atoms with Crippen molar-refractivity contribution in [3.63, 3.8) is 0 Å². The molecule has 1 saturated heterocycles. The summed E-state index contributed by atoms with van der Waals surface area (Å²) in [6, 6.07) is 10.3. The number of fused-ring (bicyclic) bond motifs is 1. The first-order valence-electron chi connectivity index (χ1n) is 9.73. The van der Waals surface area contributed by atoms with Crippen molar-refractivity contribution in [1.29, 1.82) is 0 Å². The molecule has 1 atom stereocenters. The molecular formula is C22H25ClF2N2O2. The highest BCUT2D eigenvalue weighted by atomic mass is 35.5. The molecule has 1 fully saturated rings. The number of carbonyl (C=O) groups excluding carboxylic acids is 1. The molecular weight excluding hydrogens is 398 g/mol. The van der Waals surface area contributed by atoms with Gasteiger partial charge in [0.1, 0.15) is 11.6 Å². The third kappa shape index (κ3) is 4.94. The van der Waals surface area contributed by atoms with Crippen molar-refractivity contribution in [3.8, 4) is 0 Å². The summed E-state index contributed by atoms with van der Waals surface area (Å²) >= 11 is 0. The van der Waals surface area contributed by atoms with E-state index in [1.54, 1.807) is 18.2 Å². The Bertz CT molecular complexity index is 854. The van der Waals surface area contributed by atoms with Crippen molar-refractivity contribution in [1.82, 2.24) is 9.80 Å². The first kappa shape index (κ1) is 21.7. The van der Waals surface area contributed by atoms with E-state index in [9.17, 15) is 18.7 Å². The Hall–Kier alpha value is -2.02. The van der Waals surface area contributed by atoms with Crippen LogP contribution < -0.4 is 0 Å². The molecule has 0 bridgehead atoms. The average Bonchev–Trinajstić information content (AvgIpc) is 2.98. The molecule has 1 N–H and O–H groups in total. The molecule has 1 amide bonds. The minimum atomic E-state index is -0.637. The van der Waals surface area contributed by atoms with Gasteiger partial charge in [-0.15, -0.1) is 12.4 Å². The van der Waals surface area contributed by atoms with Crippen LogP contribution in [0.5, 0.6) is 0 Å². The van der Waals surface area contributed by atoms with E-state index in [1.807, 2.05) is 4.90 Å². The summed E-state index contributed by atoms with van der Waals surface area (Å²) in [5, 5.41) is 10.4. The zero-order valence-corrected chi connectivity index (χ0v) is 16.9. The number of likely N-dealkylation sites (tertiary alicyclic amines) is 1. The maximum absolute atomic E-state index is 13.4. The molecule has 156 valence electrons. The number of piperidine rings is 1. The maximum Gasteiger partial charge on any atom is 0.254 e. The standard InChI is InChI=1S/C22H24F2N2O2.ClH/c23-18-3-1-16(2-4-18)21(27)14-25-9-7-15(8-10-25)12-26-13-17-11-19(24)5-6-20(17)22(26)28;/h1-6,11,15,21,27H,7-10,12-14H2;1H/t21-;/m0./s1. The molecule has 0 aliphatic carbocycles. The van der Waals surface area contributed by atoms with Crippen LogP contribution in [0.4, 0.5) is 8.78 Å². The third-order valence-corrected chi connectivity index (χ3v) is 5.82. The van der Waals surface area contributed by atoms with Gasteiger partial charge >= 0.3 is 0 Å². The Morgan fingerprint density at radius 1 is 1.03 bits per heavy atom. The first-order valence-corrected chi connectivity index (χ1v) is 9.73. The highest BCUT2D eigenvalue weighted by Gasteiger charge is 2.31. The maximum atomic E-state index is 13.4. The Morgan fingerprint density at radius 3 is 2.38 bits per heavy atom. The Morgan fingerprint density at radius 2 is 1.69 bits per heavy atom. The lowest BCUT2D eigenvalue weighted by Gasteiger charge is -2.34. The number of nitrogens with zero attached hydrogens (tertiary/aromatic N) is 2. The van der Waals surface area contributed by atoms with Gasteiger partial charge in [-0.1, -0.05) is 12.1 Å². The SMILES string of the molecule is Cl.O=C1c2ccc(F)cc2CN1CC1CCN(C[C@H](O)c2ccc(F)cc2)CC1. The fourth-order valence-corrected chi connectivity index (χ4v) is 4.20. The van der Waals surface area contributed by atoms with Crippen LogP contribution in [0.25, 0.3) is 0 Å². The smallest absolute Gasteiger partial charge is 0.254 e. The molecule has 2 aromatic rings. The van der Waals surface area contributed by atoms with E-state index in [-0.39, 0.29) is 29.9 Å². The van der Waals surface area contributed by atoms with E-state index in [0.29, 0.717) is 31.1 Å².